The summed E-state index contributed by atoms with van der Waals surface area (Å²) in [5.41, 5.74) is 0.815. The highest BCUT2D eigenvalue weighted by atomic mass is 32.1. The molecular weight excluding hydrogens is 489 g/mol. The summed E-state index contributed by atoms with van der Waals surface area (Å²) in [5.74, 6) is 0.163. The molecule has 0 atom stereocenters. The van der Waals surface area contributed by atoms with Crippen molar-refractivity contribution in [1.82, 2.24) is 9.55 Å². The lowest BCUT2D eigenvalue weighted by molar-refractivity contribution is -0.158. The zero-order valence-electron chi connectivity index (χ0n) is 20.5. The first kappa shape index (κ1) is 25.8. The Balaban J connectivity index is 1.46. The van der Waals surface area contributed by atoms with E-state index in [2.05, 4.69) is 9.55 Å². The van der Waals surface area contributed by atoms with Gasteiger partial charge in [-0.3, -0.25) is 0 Å². The minimum atomic E-state index is -4.36. The normalized spacial score (nSPS) is 12.2. The van der Waals surface area contributed by atoms with E-state index in [-0.39, 0.29) is 0 Å². The summed E-state index contributed by atoms with van der Waals surface area (Å²) in [6, 6.07) is 12.8. The Kier molecular flexibility index (Phi) is 7.13. The number of nitrogens with zero attached hydrogens (tertiary/aromatic N) is 2. The third-order valence-corrected chi connectivity index (χ3v) is 7.08. The molecule has 0 saturated carbocycles. The molecule has 4 aromatic rings. The maximum atomic E-state index is 12.9. The predicted octanol–water partition coefficient (Wildman–Crippen LogP) is 7.06. The second-order valence-electron chi connectivity index (χ2n) is 8.92. The highest BCUT2D eigenvalue weighted by molar-refractivity contribution is 7.15. The molecule has 36 heavy (non-hydrogen) atoms. The number of fused-ring (bicyclic) bond motifs is 1. The highest BCUT2D eigenvalue weighted by Crippen LogP contribution is 2.33. The SMILES string of the molecule is CCOC(=O)C(C)(C)Oc1ccc2c(ccn2CCc2sc(-c3ccc(C(F)(F)F)cc3)nc2C)c1. The van der Waals surface area contributed by atoms with E-state index >= 15 is 0 Å². The molecule has 0 aliphatic rings. The number of alkyl halides is 3. The van der Waals surface area contributed by atoms with Gasteiger partial charge in [0, 0.05) is 40.5 Å². The standard InChI is InChI=1S/C27H27F3N2O3S/c1-5-34-25(33)26(3,4)35-21-10-11-22-19(16-21)12-14-32(22)15-13-23-17(2)31-24(36-23)18-6-8-20(9-7-18)27(28,29)30/h6-12,14,16H,5,13,15H2,1-4H3. The summed E-state index contributed by atoms with van der Waals surface area (Å²) in [6.07, 6.45) is -1.62. The Morgan fingerprint density at radius 2 is 1.81 bits per heavy atom. The molecule has 5 nitrogen and oxygen atoms in total. The predicted molar refractivity (Wildman–Crippen MR) is 134 cm³/mol. The molecule has 0 N–H and O–H groups in total. The van der Waals surface area contributed by atoms with E-state index in [9.17, 15) is 18.0 Å². The first-order chi connectivity index (χ1) is 17.0. The number of thiazole rings is 1. The molecule has 0 fully saturated rings. The van der Waals surface area contributed by atoms with Gasteiger partial charge in [-0.1, -0.05) is 12.1 Å². The fourth-order valence-corrected chi connectivity index (χ4v) is 4.94. The number of ether oxygens (including phenoxy) is 2. The van der Waals surface area contributed by atoms with Crippen LogP contribution in [0.1, 0.15) is 36.9 Å². The number of aromatic nitrogens is 2. The largest absolute Gasteiger partial charge is 0.476 e. The number of esters is 1. The fraction of sp³-hybridized carbons (Fsp3) is 0.333. The van der Waals surface area contributed by atoms with Crippen LogP contribution < -0.4 is 4.74 Å². The van der Waals surface area contributed by atoms with Gasteiger partial charge in [0.15, 0.2) is 5.60 Å². The molecule has 0 radical (unpaired) electrons. The van der Waals surface area contributed by atoms with E-state index in [0.717, 1.165) is 40.0 Å². The Bertz CT molecular complexity index is 1370. The zero-order chi connectivity index (χ0) is 26.1. The van der Waals surface area contributed by atoms with Gasteiger partial charge in [0.25, 0.3) is 0 Å². The van der Waals surface area contributed by atoms with Crippen molar-refractivity contribution < 1.29 is 27.4 Å². The molecule has 2 aromatic carbocycles. The van der Waals surface area contributed by atoms with Crippen LogP contribution in [0, 0.1) is 6.92 Å². The van der Waals surface area contributed by atoms with E-state index < -0.39 is 23.3 Å². The van der Waals surface area contributed by atoms with Crippen LogP contribution >= 0.6 is 11.3 Å². The minimum absolute atomic E-state index is 0.290. The van der Waals surface area contributed by atoms with Crippen LogP contribution in [0.3, 0.4) is 0 Å². The number of carbonyl (C=O) groups is 1. The van der Waals surface area contributed by atoms with Crippen LogP contribution in [0.5, 0.6) is 5.75 Å². The molecule has 0 aliphatic carbocycles. The maximum Gasteiger partial charge on any atom is 0.416 e. The Hall–Kier alpha value is -3.33. The third-order valence-electron chi connectivity index (χ3n) is 5.81. The molecule has 0 saturated heterocycles. The van der Waals surface area contributed by atoms with Gasteiger partial charge in [-0.05, 0) is 64.1 Å². The average Bonchev–Trinajstić information content (AvgIpc) is 3.39. The highest BCUT2D eigenvalue weighted by Gasteiger charge is 2.32. The van der Waals surface area contributed by atoms with Crippen molar-refractivity contribution in [3.8, 4) is 16.3 Å². The smallest absolute Gasteiger partial charge is 0.416 e. The van der Waals surface area contributed by atoms with Crippen LogP contribution in [0.2, 0.25) is 0 Å². The van der Waals surface area contributed by atoms with Crippen molar-refractivity contribution in [2.45, 2.75) is 52.4 Å². The molecular formula is C27H27F3N2O3S. The van der Waals surface area contributed by atoms with E-state index in [4.69, 9.17) is 9.47 Å². The van der Waals surface area contributed by atoms with Gasteiger partial charge >= 0.3 is 12.1 Å². The van der Waals surface area contributed by atoms with Crippen LogP contribution in [0.4, 0.5) is 13.2 Å². The quantitative estimate of drug-likeness (QED) is 0.235. The first-order valence-electron chi connectivity index (χ1n) is 11.6. The summed E-state index contributed by atoms with van der Waals surface area (Å²) in [7, 11) is 0. The number of hydrogen-bond donors (Lipinski definition) is 0. The van der Waals surface area contributed by atoms with E-state index in [1.807, 2.05) is 37.4 Å². The van der Waals surface area contributed by atoms with Gasteiger partial charge in [-0.15, -0.1) is 11.3 Å². The second-order valence-corrected chi connectivity index (χ2v) is 10.00. The summed E-state index contributed by atoms with van der Waals surface area (Å²) < 4.78 is 51.7. The van der Waals surface area contributed by atoms with Gasteiger partial charge in [0.1, 0.15) is 10.8 Å². The minimum Gasteiger partial charge on any atom is -0.476 e. The van der Waals surface area contributed by atoms with Crippen LogP contribution in [-0.2, 0) is 28.7 Å². The molecule has 0 spiro atoms. The lowest BCUT2D eigenvalue weighted by Crippen LogP contribution is -2.39. The Morgan fingerprint density at radius 3 is 2.47 bits per heavy atom. The van der Waals surface area contributed by atoms with Crippen molar-refractivity contribution in [3.63, 3.8) is 0 Å². The van der Waals surface area contributed by atoms with Crippen LogP contribution in [0.25, 0.3) is 21.5 Å². The number of benzene rings is 2. The Labute approximate surface area is 211 Å². The topological polar surface area (TPSA) is 53.4 Å². The first-order valence-corrected chi connectivity index (χ1v) is 12.4. The molecule has 2 heterocycles. The summed E-state index contributed by atoms with van der Waals surface area (Å²) in [4.78, 5) is 17.8. The van der Waals surface area contributed by atoms with Crippen molar-refractivity contribution >= 4 is 28.2 Å². The average molecular weight is 517 g/mol. The monoisotopic (exact) mass is 516 g/mol. The van der Waals surface area contributed by atoms with Gasteiger partial charge in [-0.2, -0.15) is 13.2 Å². The number of carbonyl (C=O) groups excluding carboxylic acids is 1. The lowest BCUT2D eigenvalue weighted by atomic mass is 10.1. The van der Waals surface area contributed by atoms with Crippen molar-refractivity contribution in [1.29, 1.82) is 0 Å². The fourth-order valence-electron chi connectivity index (χ4n) is 3.89. The summed E-state index contributed by atoms with van der Waals surface area (Å²) in [5, 5.41) is 1.69. The third kappa shape index (κ3) is 5.56. The van der Waals surface area contributed by atoms with Crippen molar-refractivity contribution in [2.24, 2.45) is 0 Å². The second kappa shape index (κ2) is 9.97. The van der Waals surface area contributed by atoms with Crippen molar-refractivity contribution in [3.05, 3.63) is 70.9 Å². The van der Waals surface area contributed by atoms with Crippen LogP contribution in [-0.4, -0.2) is 27.7 Å². The maximum absolute atomic E-state index is 12.9. The number of hydrogen-bond acceptors (Lipinski definition) is 5. The zero-order valence-corrected chi connectivity index (χ0v) is 21.3. The molecule has 0 bridgehead atoms. The summed E-state index contributed by atoms with van der Waals surface area (Å²) in [6.45, 7) is 8.04. The molecule has 0 aliphatic heterocycles. The Morgan fingerprint density at radius 1 is 1.08 bits per heavy atom. The molecule has 190 valence electrons. The molecule has 4 rings (SSSR count). The van der Waals surface area contributed by atoms with E-state index in [1.165, 1.54) is 23.5 Å². The van der Waals surface area contributed by atoms with Gasteiger partial charge in [-0.25, -0.2) is 9.78 Å². The number of halogens is 3. The van der Waals surface area contributed by atoms with Gasteiger partial charge in [0.2, 0.25) is 0 Å². The van der Waals surface area contributed by atoms with Gasteiger partial charge in [0.05, 0.1) is 17.9 Å². The molecule has 9 heteroatoms. The van der Waals surface area contributed by atoms with Crippen LogP contribution in [0.15, 0.2) is 54.7 Å². The lowest BCUT2D eigenvalue weighted by Gasteiger charge is -2.24. The van der Waals surface area contributed by atoms with E-state index in [0.29, 0.717) is 29.5 Å². The molecule has 2 aromatic heterocycles. The van der Waals surface area contributed by atoms with Crippen molar-refractivity contribution in [2.75, 3.05) is 6.61 Å². The molecule has 0 amide bonds. The number of aryl methyl sites for hydroxylation is 3. The van der Waals surface area contributed by atoms with Gasteiger partial charge < -0.3 is 14.0 Å². The molecule has 0 unspecified atom stereocenters. The number of rotatable bonds is 8. The summed E-state index contributed by atoms with van der Waals surface area (Å²) >= 11 is 1.50. The van der Waals surface area contributed by atoms with E-state index in [1.54, 1.807) is 20.8 Å².